The van der Waals surface area contributed by atoms with Crippen LogP contribution in [0, 0.1) is 5.82 Å². The molecule has 0 unspecified atom stereocenters. The summed E-state index contributed by atoms with van der Waals surface area (Å²) in [6.45, 7) is 2.55. The van der Waals surface area contributed by atoms with Crippen molar-refractivity contribution in [3.8, 4) is 5.75 Å². The van der Waals surface area contributed by atoms with Crippen molar-refractivity contribution in [1.82, 2.24) is 4.98 Å². The lowest BCUT2D eigenvalue weighted by molar-refractivity contribution is 0.340. The van der Waals surface area contributed by atoms with Crippen molar-refractivity contribution in [2.45, 2.75) is 6.92 Å². The second-order valence-corrected chi connectivity index (χ2v) is 5.15. The number of pyridine rings is 1. The molecular formula is C17H14ClFN2O. The molecule has 0 aliphatic rings. The minimum Gasteiger partial charge on any atom is -0.494 e. The van der Waals surface area contributed by atoms with Crippen molar-refractivity contribution in [3.05, 3.63) is 59.4 Å². The number of nitrogens with one attached hydrogen (secondary N) is 1. The Bertz CT molecular complexity index is 823. The molecule has 2 aromatic carbocycles. The van der Waals surface area contributed by atoms with Crippen molar-refractivity contribution < 1.29 is 9.13 Å². The number of aromatic nitrogens is 1. The molecule has 3 nitrogen and oxygen atoms in total. The van der Waals surface area contributed by atoms with Crippen molar-refractivity contribution in [3.63, 3.8) is 0 Å². The Morgan fingerprint density at radius 1 is 1.14 bits per heavy atom. The van der Waals surface area contributed by atoms with Gasteiger partial charge < -0.3 is 10.1 Å². The van der Waals surface area contributed by atoms with Gasteiger partial charge in [-0.05, 0) is 49.4 Å². The van der Waals surface area contributed by atoms with E-state index in [1.807, 2.05) is 37.3 Å². The first-order valence-electron chi connectivity index (χ1n) is 6.91. The molecule has 3 rings (SSSR count). The predicted octanol–water partition coefficient (Wildman–Crippen LogP) is 5.17. The van der Waals surface area contributed by atoms with Crippen LogP contribution >= 0.6 is 11.6 Å². The highest BCUT2D eigenvalue weighted by Crippen LogP contribution is 2.25. The number of nitrogens with zero attached hydrogens (tertiary/aromatic N) is 1. The maximum absolute atomic E-state index is 13.2. The van der Waals surface area contributed by atoms with Crippen LogP contribution in [0.3, 0.4) is 0 Å². The second-order valence-electron chi connectivity index (χ2n) is 4.74. The van der Waals surface area contributed by atoms with E-state index >= 15 is 0 Å². The molecule has 1 heterocycles. The molecule has 0 saturated heterocycles. The molecule has 0 atom stereocenters. The van der Waals surface area contributed by atoms with Crippen LogP contribution in [-0.4, -0.2) is 11.6 Å². The minimum absolute atomic E-state index is 0.0735. The number of ether oxygens (including phenoxy) is 1. The van der Waals surface area contributed by atoms with E-state index in [9.17, 15) is 4.39 Å². The first kappa shape index (κ1) is 14.6. The van der Waals surface area contributed by atoms with Gasteiger partial charge in [-0.1, -0.05) is 11.6 Å². The first-order valence-corrected chi connectivity index (χ1v) is 7.29. The van der Waals surface area contributed by atoms with Crippen LogP contribution in [0.2, 0.25) is 5.02 Å². The molecule has 0 fully saturated rings. The highest BCUT2D eigenvalue weighted by molar-refractivity contribution is 6.31. The molecule has 0 amide bonds. The van der Waals surface area contributed by atoms with Crippen molar-refractivity contribution in [1.29, 1.82) is 0 Å². The summed E-state index contributed by atoms with van der Waals surface area (Å²) in [6.07, 6.45) is 0. The zero-order valence-electron chi connectivity index (χ0n) is 11.9. The van der Waals surface area contributed by atoms with Crippen molar-refractivity contribution in [2.24, 2.45) is 0 Å². The Kier molecular flexibility index (Phi) is 4.11. The summed E-state index contributed by atoms with van der Waals surface area (Å²) in [5, 5.41) is 4.21. The summed E-state index contributed by atoms with van der Waals surface area (Å²) in [5.41, 5.74) is 1.50. The summed E-state index contributed by atoms with van der Waals surface area (Å²) in [6, 6.07) is 14.1. The zero-order chi connectivity index (χ0) is 15.5. The monoisotopic (exact) mass is 316 g/mol. The summed E-state index contributed by atoms with van der Waals surface area (Å²) in [7, 11) is 0. The fourth-order valence-corrected chi connectivity index (χ4v) is 2.33. The lowest BCUT2D eigenvalue weighted by Gasteiger charge is -2.08. The summed E-state index contributed by atoms with van der Waals surface area (Å²) < 4.78 is 18.7. The topological polar surface area (TPSA) is 34.1 Å². The third kappa shape index (κ3) is 3.12. The summed E-state index contributed by atoms with van der Waals surface area (Å²) in [5.74, 6) is 0.994. The fraction of sp³-hybridized carbons (Fsp3) is 0.118. The normalized spacial score (nSPS) is 10.7. The Labute approximate surface area is 132 Å². The highest BCUT2D eigenvalue weighted by atomic mass is 35.5. The van der Waals surface area contributed by atoms with Gasteiger partial charge in [0.15, 0.2) is 0 Å². The van der Waals surface area contributed by atoms with Gasteiger partial charge in [0.2, 0.25) is 0 Å². The number of rotatable bonds is 4. The van der Waals surface area contributed by atoms with Crippen molar-refractivity contribution in [2.75, 3.05) is 11.9 Å². The largest absolute Gasteiger partial charge is 0.494 e. The van der Waals surface area contributed by atoms with Gasteiger partial charge in [0.25, 0.3) is 0 Å². The van der Waals surface area contributed by atoms with E-state index in [0.717, 1.165) is 16.7 Å². The van der Waals surface area contributed by atoms with Gasteiger partial charge >= 0.3 is 0 Å². The average molecular weight is 317 g/mol. The lowest BCUT2D eigenvalue weighted by atomic mass is 10.2. The maximum atomic E-state index is 13.2. The van der Waals surface area contributed by atoms with E-state index in [0.29, 0.717) is 18.1 Å². The molecule has 0 saturated carbocycles. The van der Waals surface area contributed by atoms with Crippen LogP contribution in [0.1, 0.15) is 6.92 Å². The van der Waals surface area contributed by atoms with Crippen LogP contribution in [0.5, 0.6) is 5.75 Å². The van der Waals surface area contributed by atoms with E-state index in [1.54, 1.807) is 6.07 Å². The average Bonchev–Trinajstić information content (AvgIpc) is 2.51. The zero-order valence-corrected chi connectivity index (χ0v) is 12.7. The van der Waals surface area contributed by atoms with Crippen molar-refractivity contribution >= 4 is 34.0 Å². The SMILES string of the molecule is CCOc1ccc2ccc(Nc3ccc(F)c(Cl)c3)nc2c1. The molecule has 0 bridgehead atoms. The molecule has 22 heavy (non-hydrogen) atoms. The molecular weight excluding hydrogens is 303 g/mol. The molecule has 0 aliphatic heterocycles. The van der Waals surface area contributed by atoms with Crippen LogP contribution in [0.15, 0.2) is 48.5 Å². The van der Waals surface area contributed by atoms with Gasteiger partial charge in [0.1, 0.15) is 17.4 Å². The van der Waals surface area contributed by atoms with Gasteiger partial charge in [-0.2, -0.15) is 0 Å². The van der Waals surface area contributed by atoms with E-state index in [2.05, 4.69) is 10.3 Å². The Morgan fingerprint density at radius 2 is 1.95 bits per heavy atom. The van der Waals surface area contributed by atoms with Crippen LogP contribution < -0.4 is 10.1 Å². The second kappa shape index (κ2) is 6.20. The Morgan fingerprint density at radius 3 is 2.73 bits per heavy atom. The smallest absolute Gasteiger partial charge is 0.141 e. The molecule has 0 radical (unpaired) electrons. The number of anilines is 2. The highest BCUT2D eigenvalue weighted by Gasteiger charge is 2.04. The number of hydrogen-bond acceptors (Lipinski definition) is 3. The fourth-order valence-electron chi connectivity index (χ4n) is 2.14. The lowest BCUT2D eigenvalue weighted by Crippen LogP contribution is -1.95. The maximum Gasteiger partial charge on any atom is 0.141 e. The number of hydrogen-bond donors (Lipinski definition) is 1. The van der Waals surface area contributed by atoms with Gasteiger partial charge in [-0.15, -0.1) is 0 Å². The minimum atomic E-state index is -0.444. The van der Waals surface area contributed by atoms with E-state index < -0.39 is 5.82 Å². The van der Waals surface area contributed by atoms with Crippen LogP contribution in [0.25, 0.3) is 10.9 Å². The number of fused-ring (bicyclic) bond motifs is 1. The molecule has 1 aromatic heterocycles. The Hall–Kier alpha value is -2.33. The van der Waals surface area contributed by atoms with Crippen LogP contribution in [0.4, 0.5) is 15.9 Å². The summed E-state index contributed by atoms with van der Waals surface area (Å²) in [4.78, 5) is 4.54. The molecule has 0 spiro atoms. The quantitative estimate of drug-likeness (QED) is 0.721. The van der Waals surface area contributed by atoms with Crippen LogP contribution in [-0.2, 0) is 0 Å². The third-order valence-electron chi connectivity index (χ3n) is 3.17. The standard InChI is InChI=1S/C17H14ClFN2O/c1-2-22-13-6-3-11-4-8-17(21-16(11)10-13)20-12-5-7-15(19)14(18)9-12/h3-10H,2H2,1H3,(H,20,21). The summed E-state index contributed by atoms with van der Waals surface area (Å²) >= 11 is 5.78. The van der Waals surface area contributed by atoms with E-state index in [4.69, 9.17) is 16.3 Å². The van der Waals surface area contributed by atoms with Gasteiger partial charge in [0, 0.05) is 17.1 Å². The van der Waals surface area contributed by atoms with Gasteiger partial charge in [-0.3, -0.25) is 0 Å². The molecule has 5 heteroatoms. The number of halogens is 2. The Balaban J connectivity index is 1.91. The molecule has 1 N–H and O–H groups in total. The predicted molar refractivity (Wildman–Crippen MR) is 87.6 cm³/mol. The molecule has 112 valence electrons. The van der Waals surface area contributed by atoms with E-state index in [1.165, 1.54) is 12.1 Å². The molecule has 0 aliphatic carbocycles. The molecule has 3 aromatic rings. The van der Waals surface area contributed by atoms with E-state index in [-0.39, 0.29) is 5.02 Å². The van der Waals surface area contributed by atoms with Gasteiger partial charge in [0.05, 0.1) is 17.1 Å². The third-order valence-corrected chi connectivity index (χ3v) is 3.46. The first-order chi connectivity index (χ1) is 10.7. The number of benzene rings is 2. The van der Waals surface area contributed by atoms with Gasteiger partial charge in [-0.25, -0.2) is 9.37 Å².